The van der Waals surface area contributed by atoms with E-state index in [0.717, 1.165) is 37.6 Å². The first-order valence-electron chi connectivity index (χ1n) is 5.99. The fraction of sp³-hybridized carbons (Fsp3) is 0.538. The highest BCUT2D eigenvalue weighted by Crippen LogP contribution is 2.14. The highest BCUT2D eigenvalue weighted by Gasteiger charge is 1.97. The second kappa shape index (κ2) is 8.57. The van der Waals surface area contributed by atoms with Gasteiger partial charge in [0, 0.05) is 18.1 Å². The number of halogens is 1. The molecule has 0 amide bonds. The summed E-state index contributed by atoms with van der Waals surface area (Å²) in [5, 5.41) is 7.62. The van der Waals surface area contributed by atoms with Crippen LogP contribution in [-0.2, 0) is 6.42 Å². The second-order valence-electron chi connectivity index (χ2n) is 3.84. The molecular formula is C13H21ClN2. The van der Waals surface area contributed by atoms with Gasteiger partial charge in [-0.25, -0.2) is 0 Å². The standard InChI is InChI=1S/C13H21ClN2/c1-2-8-15-10-11-16-9-7-12-5-3-4-6-13(12)14/h3-6,15-16H,2,7-11H2,1H3. The molecule has 0 aromatic heterocycles. The molecule has 16 heavy (non-hydrogen) atoms. The lowest BCUT2D eigenvalue weighted by Gasteiger charge is -2.06. The van der Waals surface area contributed by atoms with Crippen molar-refractivity contribution < 1.29 is 0 Å². The van der Waals surface area contributed by atoms with Crippen molar-refractivity contribution in [2.45, 2.75) is 19.8 Å². The Morgan fingerprint density at radius 2 is 1.69 bits per heavy atom. The molecule has 0 saturated heterocycles. The molecule has 0 fully saturated rings. The van der Waals surface area contributed by atoms with Gasteiger partial charge in [-0.05, 0) is 37.6 Å². The quantitative estimate of drug-likeness (QED) is 0.683. The van der Waals surface area contributed by atoms with Crippen LogP contribution < -0.4 is 10.6 Å². The van der Waals surface area contributed by atoms with E-state index in [1.165, 1.54) is 12.0 Å². The minimum Gasteiger partial charge on any atom is -0.315 e. The van der Waals surface area contributed by atoms with Gasteiger partial charge >= 0.3 is 0 Å². The van der Waals surface area contributed by atoms with Crippen molar-refractivity contribution in [3.63, 3.8) is 0 Å². The largest absolute Gasteiger partial charge is 0.315 e. The zero-order valence-electron chi connectivity index (χ0n) is 9.93. The predicted octanol–water partition coefficient (Wildman–Crippen LogP) is 2.47. The van der Waals surface area contributed by atoms with Gasteiger partial charge in [-0.1, -0.05) is 36.7 Å². The smallest absolute Gasteiger partial charge is 0.0438 e. The van der Waals surface area contributed by atoms with Gasteiger partial charge in [0.15, 0.2) is 0 Å². The van der Waals surface area contributed by atoms with Crippen molar-refractivity contribution >= 4 is 11.6 Å². The number of hydrogen-bond acceptors (Lipinski definition) is 2. The highest BCUT2D eigenvalue weighted by molar-refractivity contribution is 6.31. The number of benzene rings is 1. The van der Waals surface area contributed by atoms with Crippen LogP contribution in [0.1, 0.15) is 18.9 Å². The molecule has 0 saturated carbocycles. The van der Waals surface area contributed by atoms with E-state index in [2.05, 4.69) is 23.6 Å². The summed E-state index contributed by atoms with van der Waals surface area (Å²) >= 11 is 6.07. The van der Waals surface area contributed by atoms with Crippen LogP contribution in [-0.4, -0.2) is 26.2 Å². The van der Waals surface area contributed by atoms with E-state index >= 15 is 0 Å². The van der Waals surface area contributed by atoms with Crippen LogP contribution in [0.4, 0.5) is 0 Å². The minimum atomic E-state index is 0.869. The Morgan fingerprint density at radius 3 is 2.38 bits per heavy atom. The SMILES string of the molecule is CCCNCCNCCc1ccccc1Cl. The molecule has 0 aliphatic rings. The number of hydrogen-bond donors (Lipinski definition) is 2. The zero-order valence-corrected chi connectivity index (χ0v) is 10.7. The van der Waals surface area contributed by atoms with E-state index in [-0.39, 0.29) is 0 Å². The van der Waals surface area contributed by atoms with Crippen molar-refractivity contribution in [1.29, 1.82) is 0 Å². The molecule has 0 spiro atoms. The van der Waals surface area contributed by atoms with E-state index in [4.69, 9.17) is 11.6 Å². The van der Waals surface area contributed by atoms with Crippen LogP contribution in [0, 0.1) is 0 Å². The normalized spacial score (nSPS) is 10.6. The Morgan fingerprint density at radius 1 is 1.00 bits per heavy atom. The monoisotopic (exact) mass is 240 g/mol. The Kier molecular flexibility index (Phi) is 7.23. The van der Waals surface area contributed by atoms with Crippen molar-refractivity contribution in [2.75, 3.05) is 26.2 Å². The van der Waals surface area contributed by atoms with Crippen LogP contribution in [0.3, 0.4) is 0 Å². The van der Waals surface area contributed by atoms with Gasteiger partial charge in [-0.2, -0.15) is 0 Å². The molecule has 0 bridgehead atoms. The molecular weight excluding hydrogens is 220 g/mol. The van der Waals surface area contributed by atoms with E-state index in [0.29, 0.717) is 0 Å². The molecule has 0 aliphatic heterocycles. The highest BCUT2D eigenvalue weighted by atomic mass is 35.5. The summed E-state index contributed by atoms with van der Waals surface area (Å²) in [6, 6.07) is 8.02. The molecule has 0 heterocycles. The van der Waals surface area contributed by atoms with Crippen molar-refractivity contribution in [2.24, 2.45) is 0 Å². The molecule has 0 aliphatic carbocycles. The summed E-state index contributed by atoms with van der Waals surface area (Å²) in [5.74, 6) is 0. The molecule has 1 aromatic rings. The zero-order chi connectivity index (χ0) is 11.6. The van der Waals surface area contributed by atoms with Crippen LogP contribution in [0.2, 0.25) is 5.02 Å². The maximum Gasteiger partial charge on any atom is 0.0438 e. The number of nitrogens with one attached hydrogen (secondary N) is 2. The van der Waals surface area contributed by atoms with E-state index < -0.39 is 0 Å². The molecule has 0 unspecified atom stereocenters. The number of rotatable bonds is 8. The summed E-state index contributed by atoms with van der Waals surface area (Å²) < 4.78 is 0. The summed E-state index contributed by atoms with van der Waals surface area (Å²) in [5.41, 5.74) is 1.22. The third kappa shape index (κ3) is 5.50. The van der Waals surface area contributed by atoms with Gasteiger partial charge in [0.1, 0.15) is 0 Å². The lowest BCUT2D eigenvalue weighted by molar-refractivity contribution is 0.607. The van der Waals surface area contributed by atoms with Gasteiger partial charge in [0.25, 0.3) is 0 Å². The summed E-state index contributed by atoms with van der Waals surface area (Å²) in [7, 11) is 0. The molecule has 1 rings (SSSR count). The maximum atomic E-state index is 6.07. The van der Waals surface area contributed by atoms with E-state index in [1.807, 2.05) is 18.2 Å². The second-order valence-corrected chi connectivity index (χ2v) is 4.25. The van der Waals surface area contributed by atoms with Crippen molar-refractivity contribution in [3.05, 3.63) is 34.9 Å². The Balaban J connectivity index is 2.05. The van der Waals surface area contributed by atoms with Crippen molar-refractivity contribution in [1.82, 2.24) is 10.6 Å². The third-order valence-corrected chi connectivity index (χ3v) is 2.80. The van der Waals surface area contributed by atoms with Gasteiger partial charge in [0.05, 0.1) is 0 Å². The molecule has 2 N–H and O–H groups in total. The van der Waals surface area contributed by atoms with Gasteiger partial charge in [-0.3, -0.25) is 0 Å². The Bertz CT molecular complexity index is 289. The fourth-order valence-electron chi connectivity index (χ4n) is 1.53. The lowest BCUT2D eigenvalue weighted by atomic mass is 10.1. The molecule has 0 atom stereocenters. The van der Waals surface area contributed by atoms with E-state index in [1.54, 1.807) is 0 Å². The lowest BCUT2D eigenvalue weighted by Crippen LogP contribution is -2.29. The summed E-state index contributed by atoms with van der Waals surface area (Å²) in [6.07, 6.45) is 2.19. The topological polar surface area (TPSA) is 24.1 Å². The van der Waals surface area contributed by atoms with Gasteiger partial charge in [-0.15, -0.1) is 0 Å². The first-order chi connectivity index (χ1) is 7.84. The maximum absolute atomic E-state index is 6.07. The van der Waals surface area contributed by atoms with E-state index in [9.17, 15) is 0 Å². The van der Waals surface area contributed by atoms with Crippen molar-refractivity contribution in [3.8, 4) is 0 Å². The molecule has 3 heteroatoms. The average molecular weight is 241 g/mol. The predicted molar refractivity (Wildman–Crippen MR) is 71.2 cm³/mol. The Labute approximate surface area is 103 Å². The molecule has 2 nitrogen and oxygen atoms in total. The molecule has 1 aromatic carbocycles. The minimum absolute atomic E-state index is 0.869. The fourth-order valence-corrected chi connectivity index (χ4v) is 1.76. The Hall–Kier alpha value is -0.570. The average Bonchev–Trinajstić information content (AvgIpc) is 2.30. The first-order valence-corrected chi connectivity index (χ1v) is 6.37. The van der Waals surface area contributed by atoms with Gasteiger partial charge in [0.2, 0.25) is 0 Å². The summed E-state index contributed by atoms with van der Waals surface area (Å²) in [4.78, 5) is 0. The summed E-state index contributed by atoms with van der Waals surface area (Å²) in [6.45, 7) is 6.32. The van der Waals surface area contributed by atoms with Crippen LogP contribution in [0.5, 0.6) is 0 Å². The van der Waals surface area contributed by atoms with Crippen LogP contribution in [0.15, 0.2) is 24.3 Å². The third-order valence-electron chi connectivity index (χ3n) is 2.43. The van der Waals surface area contributed by atoms with Crippen LogP contribution >= 0.6 is 11.6 Å². The first kappa shape index (κ1) is 13.5. The molecule has 90 valence electrons. The van der Waals surface area contributed by atoms with Crippen LogP contribution in [0.25, 0.3) is 0 Å². The van der Waals surface area contributed by atoms with Gasteiger partial charge < -0.3 is 10.6 Å². The molecule has 0 radical (unpaired) electrons.